The highest BCUT2D eigenvalue weighted by Gasteiger charge is 2.53. The lowest BCUT2D eigenvalue weighted by Gasteiger charge is -2.18. The van der Waals surface area contributed by atoms with Gasteiger partial charge in [0.05, 0.1) is 18.0 Å². The summed E-state index contributed by atoms with van der Waals surface area (Å²) in [6.45, 7) is 1.56. The maximum Gasteiger partial charge on any atom is 0.394 e. The normalized spacial score (nSPS) is 21.5. The molecule has 1 fully saturated rings. The van der Waals surface area contributed by atoms with Crippen LogP contribution in [0, 0.1) is 11.8 Å². The molecule has 1 aromatic rings. The molecule has 0 aliphatic carbocycles. The topological polar surface area (TPSA) is 87.5 Å². The van der Waals surface area contributed by atoms with Crippen molar-refractivity contribution in [2.24, 2.45) is 11.8 Å². The van der Waals surface area contributed by atoms with E-state index >= 15 is 0 Å². The van der Waals surface area contributed by atoms with Crippen LogP contribution in [0.3, 0.4) is 0 Å². The van der Waals surface area contributed by atoms with E-state index < -0.39 is 43.1 Å². The van der Waals surface area contributed by atoms with Gasteiger partial charge in [-0.1, -0.05) is 0 Å². The Labute approximate surface area is 130 Å². The molecule has 0 saturated carbocycles. The molecule has 2 N–H and O–H groups in total. The number of likely N-dealkylation sites (tertiary alicyclic amines) is 1. The molecule has 1 aromatic heterocycles. The zero-order chi connectivity index (χ0) is 17.2. The summed E-state index contributed by atoms with van der Waals surface area (Å²) >= 11 is 0. The number of urea groups is 1. The monoisotopic (exact) mass is 334 g/mol. The van der Waals surface area contributed by atoms with Crippen LogP contribution in [-0.4, -0.2) is 51.1 Å². The molecule has 23 heavy (non-hydrogen) atoms. The molecule has 7 nitrogen and oxygen atoms in total. The van der Waals surface area contributed by atoms with Crippen LogP contribution in [0.25, 0.3) is 0 Å². The van der Waals surface area contributed by atoms with Crippen molar-refractivity contribution in [1.82, 2.24) is 20.0 Å². The first kappa shape index (κ1) is 17.1. The van der Waals surface area contributed by atoms with Crippen LogP contribution in [0.2, 0.25) is 0 Å². The number of halogens is 3. The number of alkyl halides is 3. The molecule has 0 aromatic carbocycles. The fourth-order valence-corrected chi connectivity index (χ4v) is 2.51. The minimum atomic E-state index is -4.65. The Bertz CT molecular complexity index is 587. The molecular formula is C13H17F3N4O3. The molecule has 2 atom stereocenters. The van der Waals surface area contributed by atoms with Gasteiger partial charge in [-0.3, -0.25) is 9.48 Å². The Morgan fingerprint density at radius 1 is 1.43 bits per heavy atom. The first-order chi connectivity index (χ1) is 10.7. The summed E-state index contributed by atoms with van der Waals surface area (Å²) < 4.78 is 40.3. The maximum atomic E-state index is 12.9. The summed E-state index contributed by atoms with van der Waals surface area (Å²) in [5.74, 6) is -5.23. The Balaban J connectivity index is 1.96. The summed E-state index contributed by atoms with van der Waals surface area (Å²) in [7, 11) is 0. The molecule has 0 bridgehead atoms. The highest BCUT2D eigenvalue weighted by atomic mass is 19.4. The van der Waals surface area contributed by atoms with Crippen molar-refractivity contribution in [3.63, 3.8) is 0 Å². The lowest BCUT2D eigenvalue weighted by atomic mass is 9.96. The quantitative estimate of drug-likeness (QED) is 0.869. The first-order valence-electron chi connectivity index (χ1n) is 7.06. The summed E-state index contributed by atoms with van der Waals surface area (Å²) in [6.07, 6.45) is -1.39. The van der Waals surface area contributed by atoms with Crippen molar-refractivity contribution in [2.45, 2.75) is 26.2 Å². The zero-order valence-electron chi connectivity index (χ0n) is 12.4. The van der Waals surface area contributed by atoms with E-state index in [1.165, 1.54) is 0 Å². The number of hydrogen-bond acceptors (Lipinski definition) is 3. The molecular weight excluding hydrogens is 317 g/mol. The highest BCUT2D eigenvalue weighted by molar-refractivity contribution is 5.77. The second-order valence-electron chi connectivity index (χ2n) is 5.36. The van der Waals surface area contributed by atoms with Gasteiger partial charge in [-0.05, 0) is 6.92 Å². The number of aliphatic carboxylic acids is 1. The van der Waals surface area contributed by atoms with Gasteiger partial charge in [-0.2, -0.15) is 18.3 Å². The van der Waals surface area contributed by atoms with Gasteiger partial charge in [0, 0.05) is 37.9 Å². The number of nitrogens with one attached hydrogen (secondary N) is 1. The molecule has 2 rings (SSSR count). The minimum absolute atomic E-state index is 0.115. The predicted octanol–water partition coefficient (Wildman–Crippen LogP) is 1.31. The molecule has 1 aliphatic rings. The van der Waals surface area contributed by atoms with E-state index in [0.717, 1.165) is 4.90 Å². The third-order valence-corrected chi connectivity index (χ3v) is 3.80. The fraction of sp³-hybridized carbons (Fsp3) is 0.615. The van der Waals surface area contributed by atoms with Crippen LogP contribution in [0.4, 0.5) is 18.0 Å². The van der Waals surface area contributed by atoms with Crippen LogP contribution in [0.15, 0.2) is 12.4 Å². The predicted molar refractivity (Wildman–Crippen MR) is 72.4 cm³/mol. The highest BCUT2D eigenvalue weighted by Crippen LogP contribution is 2.37. The number of aromatic nitrogens is 2. The lowest BCUT2D eigenvalue weighted by molar-refractivity contribution is -0.187. The van der Waals surface area contributed by atoms with Crippen molar-refractivity contribution in [3.05, 3.63) is 18.0 Å². The van der Waals surface area contributed by atoms with E-state index in [2.05, 4.69) is 10.4 Å². The number of nitrogens with zero attached hydrogens (tertiary/aromatic N) is 3. The summed E-state index contributed by atoms with van der Waals surface area (Å²) in [4.78, 5) is 23.8. The minimum Gasteiger partial charge on any atom is -0.481 e. The third-order valence-electron chi connectivity index (χ3n) is 3.80. The van der Waals surface area contributed by atoms with Gasteiger partial charge in [0.2, 0.25) is 0 Å². The van der Waals surface area contributed by atoms with Crippen LogP contribution in [-0.2, 0) is 17.9 Å². The average molecular weight is 334 g/mol. The number of carbonyl (C=O) groups is 2. The van der Waals surface area contributed by atoms with Gasteiger partial charge in [0.15, 0.2) is 0 Å². The van der Waals surface area contributed by atoms with Gasteiger partial charge in [-0.25, -0.2) is 4.79 Å². The van der Waals surface area contributed by atoms with Gasteiger partial charge in [0.1, 0.15) is 0 Å². The number of rotatable bonds is 4. The van der Waals surface area contributed by atoms with Crippen molar-refractivity contribution in [3.8, 4) is 0 Å². The number of amides is 2. The van der Waals surface area contributed by atoms with E-state index in [0.29, 0.717) is 12.1 Å². The summed E-state index contributed by atoms with van der Waals surface area (Å²) in [5.41, 5.74) is 0.710. The summed E-state index contributed by atoms with van der Waals surface area (Å²) in [5, 5.41) is 15.4. The molecule has 2 amide bonds. The molecule has 2 heterocycles. The van der Waals surface area contributed by atoms with Crippen LogP contribution in [0.5, 0.6) is 0 Å². The van der Waals surface area contributed by atoms with Gasteiger partial charge >= 0.3 is 18.2 Å². The molecule has 0 radical (unpaired) electrons. The van der Waals surface area contributed by atoms with Gasteiger partial charge in [-0.15, -0.1) is 0 Å². The average Bonchev–Trinajstić information content (AvgIpc) is 3.10. The molecule has 1 saturated heterocycles. The smallest absolute Gasteiger partial charge is 0.394 e. The van der Waals surface area contributed by atoms with Crippen molar-refractivity contribution in [2.75, 3.05) is 13.1 Å². The number of carboxylic acid groups (broad SMARTS) is 1. The van der Waals surface area contributed by atoms with Crippen molar-refractivity contribution in [1.29, 1.82) is 0 Å². The number of aryl methyl sites for hydroxylation is 1. The molecule has 0 spiro atoms. The van der Waals surface area contributed by atoms with Crippen LogP contribution >= 0.6 is 0 Å². The molecule has 0 unspecified atom stereocenters. The van der Waals surface area contributed by atoms with E-state index in [9.17, 15) is 22.8 Å². The standard InChI is InChI=1S/C13H17F3N4O3/c1-2-20-5-8(4-18-20)3-17-12(23)19-6-9(11(21)22)10(7-19)13(14,15)16/h4-5,9-10H,2-3,6-7H2,1H3,(H,17,23)(H,21,22)/t9-,10-/m1/s1. The van der Waals surface area contributed by atoms with Crippen LogP contribution < -0.4 is 5.32 Å². The lowest BCUT2D eigenvalue weighted by Crippen LogP contribution is -2.39. The molecule has 10 heteroatoms. The number of carboxylic acids is 1. The Hall–Kier alpha value is -2.26. The van der Waals surface area contributed by atoms with Crippen LogP contribution in [0.1, 0.15) is 12.5 Å². The summed E-state index contributed by atoms with van der Waals surface area (Å²) in [6, 6.07) is -0.716. The Morgan fingerprint density at radius 2 is 2.13 bits per heavy atom. The second-order valence-corrected chi connectivity index (χ2v) is 5.36. The zero-order valence-corrected chi connectivity index (χ0v) is 12.4. The van der Waals surface area contributed by atoms with Crippen molar-refractivity contribution >= 4 is 12.0 Å². The molecule has 1 aliphatic heterocycles. The van der Waals surface area contributed by atoms with E-state index in [4.69, 9.17) is 5.11 Å². The SMILES string of the molecule is CCn1cc(CNC(=O)N2C[C@@H](C(F)(F)F)[C@H](C(=O)O)C2)cn1. The first-order valence-corrected chi connectivity index (χ1v) is 7.06. The second kappa shape index (κ2) is 6.47. The van der Waals surface area contributed by atoms with E-state index in [1.54, 1.807) is 17.1 Å². The number of hydrogen-bond donors (Lipinski definition) is 2. The largest absolute Gasteiger partial charge is 0.481 e. The van der Waals surface area contributed by atoms with Gasteiger partial charge < -0.3 is 15.3 Å². The van der Waals surface area contributed by atoms with E-state index in [-0.39, 0.29) is 6.54 Å². The van der Waals surface area contributed by atoms with Gasteiger partial charge in [0.25, 0.3) is 0 Å². The Kier molecular flexibility index (Phi) is 4.81. The van der Waals surface area contributed by atoms with Crippen molar-refractivity contribution < 1.29 is 27.9 Å². The molecule has 128 valence electrons. The van der Waals surface area contributed by atoms with E-state index in [1.807, 2.05) is 6.92 Å². The number of carbonyl (C=O) groups excluding carboxylic acids is 1. The Morgan fingerprint density at radius 3 is 2.61 bits per heavy atom. The third kappa shape index (κ3) is 3.93. The maximum absolute atomic E-state index is 12.9. The fourth-order valence-electron chi connectivity index (χ4n) is 2.51.